The van der Waals surface area contributed by atoms with E-state index >= 15 is 0 Å². The highest BCUT2D eigenvalue weighted by Gasteiger charge is 2.29. The van der Waals surface area contributed by atoms with Gasteiger partial charge >= 0.3 is 0 Å². The first-order valence-electron chi connectivity index (χ1n) is 7.56. The van der Waals surface area contributed by atoms with Gasteiger partial charge in [0.2, 0.25) is 0 Å². The fraction of sp³-hybridized carbons (Fsp3) is 0.588. The van der Waals surface area contributed by atoms with Gasteiger partial charge in [-0.05, 0) is 44.6 Å². The summed E-state index contributed by atoms with van der Waals surface area (Å²) in [5.41, 5.74) is 0.692. The molecule has 3 nitrogen and oxygen atoms in total. The monoisotopic (exact) mass is 275 g/mol. The first-order chi connectivity index (χ1) is 9.47. The number of likely N-dealkylation sites (tertiary alicyclic amines) is 1. The molecule has 2 rings (SSSR count). The van der Waals surface area contributed by atoms with Crippen molar-refractivity contribution in [2.75, 3.05) is 19.6 Å². The first-order valence-corrected chi connectivity index (χ1v) is 7.56. The summed E-state index contributed by atoms with van der Waals surface area (Å²) in [6, 6.07) is 10.6. The lowest BCUT2D eigenvalue weighted by atomic mass is 9.87. The van der Waals surface area contributed by atoms with Gasteiger partial charge in [-0.2, -0.15) is 0 Å². The normalized spacial score (nSPS) is 23.5. The van der Waals surface area contributed by atoms with Crippen molar-refractivity contribution in [2.24, 2.45) is 11.3 Å². The van der Waals surface area contributed by atoms with Crippen molar-refractivity contribution in [3.8, 4) is 0 Å². The molecular formula is C17H25NO2. The van der Waals surface area contributed by atoms with Gasteiger partial charge in [-0.25, -0.2) is 0 Å². The molecule has 1 aliphatic heterocycles. The number of carboxylic acid groups (broad SMARTS) is 1. The second kappa shape index (κ2) is 6.40. The molecule has 1 saturated heterocycles. The number of rotatable bonds is 5. The lowest BCUT2D eigenvalue weighted by Gasteiger charge is -2.35. The first kappa shape index (κ1) is 15.0. The third kappa shape index (κ3) is 4.07. The fourth-order valence-electron chi connectivity index (χ4n) is 3.11. The summed E-state index contributed by atoms with van der Waals surface area (Å²) >= 11 is 0. The third-order valence-electron chi connectivity index (χ3n) is 4.42. The SMILES string of the molecule is CC(C)(C[NH+]1CCC(Cc2ccccc2)CC1)C(=O)[O-]. The molecule has 0 aliphatic carbocycles. The molecule has 0 radical (unpaired) electrons. The molecule has 0 saturated carbocycles. The largest absolute Gasteiger partial charge is 0.549 e. The molecule has 0 unspecified atom stereocenters. The second-order valence-corrected chi connectivity index (χ2v) is 6.73. The van der Waals surface area contributed by atoms with Gasteiger partial charge in [-0.15, -0.1) is 0 Å². The molecule has 0 aromatic heterocycles. The number of nitrogens with one attached hydrogen (secondary N) is 1. The number of hydrogen-bond donors (Lipinski definition) is 1. The Morgan fingerprint density at radius 2 is 1.85 bits per heavy atom. The quantitative estimate of drug-likeness (QED) is 0.840. The van der Waals surface area contributed by atoms with Crippen LogP contribution in [0.4, 0.5) is 0 Å². The minimum Gasteiger partial charge on any atom is -0.549 e. The van der Waals surface area contributed by atoms with Crippen molar-refractivity contribution in [2.45, 2.75) is 33.1 Å². The summed E-state index contributed by atoms with van der Waals surface area (Å²) < 4.78 is 0. The van der Waals surface area contributed by atoms with Crippen LogP contribution in [0.25, 0.3) is 0 Å². The summed E-state index contributed by atoms with van der Waals surface area (Å²) in [6.07, 6.45) is 3.53. The topological polar surface area (TPSA) is 44.6 Å². The van der Waals surface area contributed by atoms with E-state index in [1.165, 1.54) is 23.3 Å². The molecule has 110 valence electrons. The van der Waals surface area contributed by atoms with Gasteiger partial charge < -0.3 is 14.8 Å². The zero-order valence-electron chi connectivity index (χ0n) is 12.5. The Labute approximate surface area is 121 Å². The maximum absolute atomic E-state index is 11.1. The molecule has 0 atom stereocenters. The number of carbonyl (C=O) groups is 1. The Kier molecular flexibility index (Phi) is 4.81. The van der Waals surface area contributed by atoms with Crippen molar-refractivity contribution in [3.05, 3.63) is 35.9 Å². The zero-order valence-corrected chi connectivity index (χ0v) is 12.5. The molecule has 1 aliphatic rings. The lowest BCUT2D eigenvalue weighted by molar-refractivity contribution is -0.911. The molecule has 1 fully saturated rings. The van der Waals surface area contributed by atoms with Crippen LogP contribution in [0, 0.1) is 11.3 Å². The minimum absolute atomic E-state index is 0.674. The Hall–Kier alpha value is -1.35. The number of quaternary nitrogens is 1. The molecule has 1 aromatic rings. The van der Waals surface area contributed by atoms with Crippen LogP contribution in [0.5, 0.6) is 0 Å². The van der Waals surface area contributed by atoms with Crippen molar-refractivity contribution >= 4 is 5.97 Å². The molecule has 3 heteroatoms. The van der Waals surface area contributed by atoms with E-state index in [1.807, 2.05) is 0 Å². The average molecular weight is 275 g/mol. The molecule has 0 spiro atoms. The molecule has 20 heavy (non-hydrogen) atoms. The van der Waals surface area contributed by atoms with Gasteiger partial charge in [0, 0.05) is 0 Å². The number of benzene rings is 1. The number of aliphatic carboxylic acids is 1. The smallest absolute Gasteiger partial charge is 0.0875 e. The van der Waals surface area contributed by atoms with E-state index in [1.54, 1.807) is 13.8 Å². The predicted molar refractivity (Wildman–Crippen MR) is 77.2 cm³/mol. The summed E-state index contributed by atoms with van der Waals surface area (Å²) in [7, 11) is 0. The highest BCUT2D eigenvalue weighted by atomic mass is 16.4. The van der Waals surface area contributed by atoms with Gasteiger partial charge in [0.15, 0.2) is 0 Å². The molecule has 1 N–H and O–H groups in total. The number of carbonyl (C=O) groups excluding carboxylic acids is 1. The molecule has 0 amide bonds. The molecule has 1 heterocycles. The average Bonchev–Trinajstić information content (AvgIpc) is 2.42. The van der Waals surface area contributed by atoms with E-state index in [0.29, 0.717) is 6.54 Å². The number of piperidine rings is 1. The van der Waals surface area contributed by atoms with Crippen LogP contribution in [-0.4, -0.2) is 25.6 Å². The van der Waals surface area contributed by atoms with Crippen LogP contribution in [-0.2, 0) is 11.2 Å². The number of carboxylic acids is 1. The van der Waals surface area contributed by atoms with Crippen LogP contribution in [0.2, 0.25) is 0 Å². The standard InChI is InChI=1S/C17H25NO2/c1-17(2,16(19)20)13-18-10-8-15(9-11-18)12-14-6-4-3-5-7-14/h3-7,15H,8-13H2,1-2H3,(H,19,20). The Balaban J connectivity index is 1.79. The van der Waals surface area contributed by atoms with Gasteiger partial charge in [0.25, 0.3) is 0 Å². The highest BCUT2D eigenvalue weighted by molar-refractivity contribution is 5.71. The van der Waals surface area contributed by atoms with Crippen LogP contribution in [0.1, 0.15) is 32.3 Å². The van der Waals surface area contributed by atoms with Crippen LogP contribution in [0.15, 0.2) is 30.3 Å². The Morgan fingerprint density at radius 1 is 1.25 bits per heavy atom. The van der Waals surface area contributed by atoms with Gasteiger partial charge in [-0.1, -0.05) is 30.3 Å². The van der Waals surface area contributed by atoms with Crippen molar-refractivity contribution in [1.29, 1.82) is 0 Å². The maximum Gasteiger partial charge on any atom is 0.0875 e. The van der Waals surface area contributed by atoms with Gasteiger partial charge in [0.1, 0.15) is 0 Å². The maximum atomic E-state index is 11.1. The molecule has 0 bridgehead atoms. The van der Waals surface area contributed by atoms with E-state index in [-0.39, 0.29) is 0 Å². The van der Waals surface area contributed by atoms with Gasteiger partial charge in [-0.3, -0.25) is 0 Å². The van der Waals surface area contributed by atoms with E-state index in [0.717, 1.165) is 25.4 Å². The number of hydrogen-bond acceptors (Lipinski definition) is 2. The predicted octanol–water partition coefficient (Wildman–Crippen LogP) is 0.300. The van der Waals surface area contributed by atoms with Crippen LogP contribution >= 0.6 is 0 Å². The zero-order chi connectivity index (χ0) is 14.6. The lowest BCUT2D eigenvalue weighted by Crippen LogP contribution is -3.14. The Morgan fingerprint density at radius 3 is 2.40 bits per heavy atom. The van der Waals surface area contributed by atoms with E-state index in [4.69, 9.17) is 0 Å². The summed E-state index contributed by atoms with van der Waals surface area (Å²) in [4.78, 5) is 12.5. The third-order valence-corrected chi connectivity index (χ3v) is 4.42. The van der Waals surface area contributed by atoms with Gasteiger partial charge in [0.05, 0.1) is 31.0 Å². The molecule has 1 aromatic carbocycles. The van der Waals surface area contributed by atoms with E-state index < -0.39 is 11.4 Å². The minimum atomic E-state index is -0.934. The van der Waals surface area contributed by atoms with Crippen molar-refractivity contribution in [3.63, 3.8) is 0 Å². The van der Waals surface area contributed by atoms with E-state index in [2.05, 4.69) is 30.3 Å². The molecular weight excluding hydrogens is 250 g/mol. The van der Waals surface area contributed by atoms with Crippen LogP contribution in [0.3, 0.4) is 0 Å². The summed E-state index contributed by atoms with van der Waals surface area (Å²) in [5, 5.41) is 11.1. The van der Waals surface area contributed by atoms with Crippen molar-refractivity contribution in [1.82, 2.24) is 0 Å². The Bertz CT molecular complexity index is 434. The fourth-order valence-corrected chi connectivity index (χ4v) is 3.11. The highest BCUT2D eigenvalue weighted by Crippen LogP contribution is 2.17. The second-order valence-electron chi connectivity index (χ2n) is 6.73. The van der Waals surface area contributed by atoms with E-state index in [9.17, 15) is 9.90 Å². The summed E-state index contributed by atoms with van der Waals surface area (Å²) in [6.45, 7) is 6.37. The van der Waals surface area contributed by atoms with Crippen LogP contribution < -0.4 is 10.0 Å². The van der Waals surface area contributed by atoms with Crippen molar-refractivity contribution < 1.29 is 14.8 Å². The summed E-state index contributed by atoms with van der Waals surface area (Å²) in [5.74, 6) is -0.191.